The molecule has 7 heteroatoms. The van der Waals surface area contributed by atoms with E-state index in [-0.39, 0.29) is 5.88 Å². The third kappa shape index (κ3) is 3.06. The maximum Gasteiger partial charge on any atom is 0.573 e. The zero-order valence-electron chi connectivity index (χ0n) is 6.93. The molecule has 0 unspecified atom stereocenters. The summed E-state index contributed by atoms with van der Waals surface area (Å²) in [6.07, 6.45) is -3.78. The Bertz CT molecular complexity index is 329. The Balaban J connectivity index is 2.87. The fourth-order valence-electron chi connectivity index (χ4n) is 0.747. The minimum absolute atomic E-state index is 0.194. The van der Waals surface area contributed by atoms with Crippen molar-refractivity contribution in [1.29, 1.82) is 0 Å². The summed E-state index contributed by atoms with van der Waals surface area (Å²) < 4.78 is 43.9. The third-order valence-electron chi connectivity index (χ3n) is 1.21. The van der Waals surface area contributed by atoms with E-state index in [2.05, 4.69) is 25.7 Å². The Morgan fingerprint density at radius 1 is 1.43 bits per heavy atom. The molecule has 0 amide bonds. The molecule has 0 N–H and O–H groups in total. The van der Waals surface area contributed by atoms with Gasteiger partial charge in [0.2, 0.25) is 5.88 Å². The highest BCUT2D eigenvalue weighted by Crippen LogP contribution is 2.29. The number of rotatable bonds is 2. The van der Waals surface area contributed by atoms with Crippen molar-refractivity contribution >= 4 is 15.9 Å². The lowest BCUT2D eigenvalue weighted by molar-refractivity contribution is -0.274. The van der Waals surface area contributed by atoms with Gasteiger partial charge in [0.05, 0.1) is 17.8 Å². The summed E-state index contributed by atoms with van der Waals surface area (Å²) in [5.74, 6) is -0.204. The molecule has 0 radical (unpaired) electrons. The fraction of sp³-hybridized carbons (Fsp3) is 0.286. The first-order valence-corrected chi connectivity index (χ1v) is 4.17. The normalized spacial score (nSPS) is 11.2. The number of ether oxygens (including phenoxy) is 2. The first kappa shape index (κ1) is 11.1. The Morgan fingerprint density at radius 2 is 2.07 bits per heavy atom. The van der Waals surface area contributed by atoms with E-state index in [9.17, 15) is 13.2 Å². The van der Waals surface area contributed by atoms with Crippen LogP contribution in [0.2, 0.25) is 0 Å². The lowest BCUT2D eigenvalue weighted by Crippen LogP contribution is -2.17. The molecule has 0 fully saturated rings. The zero-order valence-corrected chi connectivity index (χ0v) is 8.52. The Labute approximate surface area is 86.0 Å². The van der Waals surface area contributed by atoms with E-state index in [1.807, 2.05) is 0 Å². The van der Waals surface area contributed by atoms with Crippen molar-refractivity contribution < 1.29 is 22.6 Å². The van der Waals surface area contributed by atoms with Crippen LogP contribution in [0.5, 0.6) is 11.6 Å². The van der Waals surface area contributed by atoms with E-state index < -0.39 is 12.1 Å². The Hall–Kier alpha value is -0.980. The van der Waals surface area contributed by atoms with Crippen molar-refractivity contribution in [1.82, 2.24) is 4.98 Å². The molecule has 78 valence electrons. The zero-order chi connectivity index (χ0) is 10.8. The average Bonchev–Trinajstić information content (AvgIpc) is 2.01. The molecule has 0 aliphatic carbocycles. The molecular formula is C7H5BrF3NO2. The molecule has 0 bridgehead atoms. The largest absolute Gasteiger partial charge is 0.573 e. The molecule has 1 aromatic rings. The van der Waals surface area contributed by atoms with Gasteiger partial charge in [-0.2, -0.15) is 0 Å². The number of methoxy groups -OCH3 is 1. The average molecular weight is 272 g/mol. The van der Waals surface area contributed by atoms with Gasteiger partial charge in [0.25, 0.3) is 0 Å². The summed E-state index contributed by atoms with van der Waals surface area (Å²) in [7, 11) is 1.36. The van der Waals surface area contributed by atoms with Gasteiger partial charge in [0, 0.05) is 6.07 Å². The highest BCUT2D eigenvalue weighted by molar-refractivity contribution is 9.10. The second-order valence-electron chi connectivity index (χ2n) is 2.21. The van der Waals surface area contributed by atoms with Gasteiger partial charge < -0.3 is 9.47 Å². The highest BCUT2D eigenvalue weighted by atomic mass is 79.9. The van der Waals surface area contributed by atoms with Crippen molar-refractivity contribution in [3.63, 3.8) is 0 Å². The number of hydrogen-bond acceptors (Lipinski definition) is 3. The van der Waals surface area contributed by atoms with Crippen LogP contribution in [0.4, 0.5) is 13.2 Å². The van der Waals surface area contributed by atoms with Gasteiger partial charge in [-0.3, -0.25) is 0 Å². The quantitative estimate of drug-likeness (QED) is 0.829. The molecule has 0 saturated carbocycles. The Kier molecular flexibility index (Phi) is 3.20. The van der Waals surface area contributed by atoms with E-state index in [4.69, 9.17) is 4.74 Å². The van der Waals surface area contributed by atoms with Crippen LogP contribution in [-0.2, 0) is 0 Å². The summed E-state index contributed by atoms with van der Waals surface area (Å²) in [6, 6.07) is 1.12. The highest BCUT2D eigenvalue weighted by Gasteiger charge is 2.31. The molecule has 1 rings (SSSR count). The van der Waals surface area contributed by atoms with E-state index in [0.717, 1.165) is 12.3 Å². The number of aromatic nitrogens is 1. The number of halogens is 4. The van der Waals surface area contributed by atoms with Crippen LogP contribution < -0.4 is 9.47 Å². The van der Waals surface area contributed by atoms with Crippen LogP contribution in [0.1, 0.15) is 0 Å². The number of nitrogens with zero attached hydrogens (tertiary/aromatic N) is 1. The lowest BCUT2D eigenvalue weighted by Gasteiger charge is -2.09. The minimum atomic E-state index is -4.71. The summed E-state index contributed by atoms with van der Waals surface area (Å²) in [5.41, 5.74) is 0. The van der Waals surface area contributed by atoms with E-state index >= 15 is 0 Å². The number of alkyl halides is 3. The van der Waals surface area contributed by atoms with Crippen LogP contribution in [-0.4, -0.2) is 18.5 Å². The molecule has 14 heavy (non-hydrogen) atoms. The summed E-state index contributed by atoms with van der Waals surface area (Å²) >= 11 is 2.98. The van der Waals surface area contributed by atoms with Crippen molar-refractivity contribution in [3.05, 3.63) is 16.7 Å². The van der Waals surface area contributed by atoms with Gasteiger partial charge in [-0.05, 0) is 15.9 Å². The molecular weight excluding hydrogens is 267 g/mol. The molecule has 1 heterocycles. The fourth-order valence-corrected chi connectivity index (χ4v) is 1.24. The molecule has 0 atom stereocenters. The topological polar surface area (TPSA) is 31.4 Å². The van der Waals surface area contributed by atoms with Gasteiger partial charge in [-0.1, -0.05) is 0 Å². The van der Waals surface area contributed by atoms with Gasteiger partial charge >= 0.3 is 6.36 Å². The van der Waals surface area contributed by atoms with E-state index in [0.29, 0.717) is 4.47 Å². The van der Waals surface area contributed by atoms with Crippen molar-refractivity contribution in [2.75, 3.05) is 7.11 Å². The van der Waals surface area contributed by atoms with Crippen LogP contribution in [0.25, 0.3) is 0 Å². The molecule has 3 nitrogen and oxygen atoms in total. The third-order valence-corrected chi connectivity index (χ3v) is 1.78. The molecule has 0 saturated heterocycles. The predicted molar refractivity (Wildman–Crippen MR) is 45.2 cm³/mol. The molecule has 0 aromatic carbocycles. The molecule has 0 aliphatic rings. The number of hydrogen-bond donors (Lipinski definition) is 0. The monoisotopic (exact) mass is 271 g/mol. The van der Waals surface area contributed by atoms with Crippen LogP contribution in [0.3, 0.4) is 0 Å². The smallest absolute Gasteiger partial charge is 0.480 e. The molecule has 0 aliphatic heterocycles. The van der Waals surface area contributed by atoms with E-state index in [1.54, 1.807) is 0 Å². The minimum Gasteiger partial charge on any atom is -0.480 e. The molecule has 0 spiro atoms. The number of pyridine rings is 1. The summed E-state index contributed by atoms with van der Waals surface area (Å²) in [6.45, 7) is 0. The van der Waals surface area contributed by atoms with Gasteiger partial charge in [-0.25, -0.2) is 4.98 Å². The van der Waals surface area contributed by atoms with Crippen LogP contribution in [0, 0.1) is 0 Å². The summed E-state index contributed by atoms with van der Waals surface area (Å²) in [5, 5.41) is 0. The first-order valence-electron chi connectivity index (χ1n) is 3.37. The summed E-state index contributed by atoms with van der Waals surface area (Å²) in [4.78, 5) is 3.59. The molecule has 1 aromatic heterocycles. The predicted octanol–water partition coefficient (Wildman–Crippen LogP) is 2.75. The van der Waals surface area contributed by atoms with Crippen molar-refractivity contribution in [2.24, 2.45) is 0 Å². The first-order chi connectivity index (χ1) is 6.42. The second-order valence-corrected chi connectivity index (χ2v) is 3.06. The van der Waals surface area contributed by atoms with Gasteiger partial charge in [0.15, 0.2) is 0 Å². The van der Waals surface area contributed by atoms with Crippen LogP contribution in [0.15, 0.2) is 16.7 Å². The van der Waals surface area contributed by atoms with Crippen LogP contribution >= 0.6 is 15.9 Å². The van der Waals surface area contributed by atoms with Crippen molar-refractivity contribution in [2.45, 2.75) is 6.36 Å². The lowest BCUT2D eigenvalue weighted by atomic mass is 10.4. The second kappa shape index (κ2) is 4.04. The SMILES string of the molecule is COc1ncc(OC(F)(F)F)cc1Br. The van der Waals surface area contributed by atoms with E-state index in [1.165, 1.54) is 7.11 Å². The maximum absolute atomic E-state index is 11.8. The Morgan fingerprint density at radius 3 is 2.50 bits per heavy atom. The standard InChI is InChI=1S/C7H5BrF3NO2/c1-13-6-5(8)2-4(3-12-6)14-7(9,10)11/h2-3H,1H3. The van der Waals surface area contributed by atoms with Gasteiger partial charge in [0.1, 0.15) is 5.75 Å². The van der Waals surface area contributed by atoms with Crippen molar-refractivity contribution in [3.8, 4) is 11.6 Å². The maximum atomic E-state index is 11.8. The van der Waals surface area contributed by atoms with Gasteiger partial charge in [-0.15, -0.1) is 13.2 Å².